The van der Waals surface area contributed by atoms with Gasteiger partial charge in [-0.2, -0.15) is 0 Å². The number of hydrogen-bond acceptors (Lipinski definition) is 2. The Hall–Kier alpha value is -0.530. The zero-order valence-corrected chi connectivity index (χ0v) is 9.80. The van der Waals surface area contributed by atoms with Crippen LogP contribution in [-0.4, -0.2) is 18.9 Å². The lowest BCUT2D eigenvalue weighted by molar-refractivity contribution is 0.356. The van der Waals surface area contributed by atoms with Crippen molar-refractivity contribution in [3.63, 3.8) is 0 Å². The van der Waals surface area contributed by atoms with Gasteiger partial charge in [0.1, 0.15) is 0 Å². The molecule has 2 rings (SSSR count). The summed E-state index contributed by atoms with van der Waals surface area (Å²) >= 11 is 0. The van der Waals surface area contributed by atoms with Gasteiger partial charge < -0.3 is 5.32 Å². The van der Waals surface area contributed by atoms with Gasteiger partial charge in [-0.15, -0.1) is 0 Å². The molecule has 0 bridgehead atoms. The Bertz CT molecular complexity index is 205. The number of rotatable bonds is 2. The van der Waals surface area contributed by atoms with Gasteiger partial charge in [0.05, 0.1) is 5.84 Å². The number of hydrogen-bond donors (Lipinski definition) is 1. The van der Waals surface area contributed by atoms with Crippen LogP contribution in [0, 0.1) is 5.92 Å². The third-order valence-corrected chi connectivity index (χ3v) is 3.69. The number of aliphatic imine (C=N–C) groups is 1. The molecule has 1 saturated carbocycles. The number of nitrogens with one attached hydrogen (secondary N) is 1. The molecule has 0 unspecified atom stereocenters. The lowest BCUT2D eigenvalue weighted by Crippen LogP contribution is -2.30. The minimum atomic E-state index is 0.921. The summed E-state index contributed by atoms with van der Waals surface area (Å²) in [4.78, 5) is 4.61. The molecule has 86 valence electrons. The van der Waals surface area contributed by atoms with Gasteiger partial charge in [0.2, 0.25) is 0 Å². The van der Waals surface area contributed by atoms with Gasteiger partial charge in [0, 0.05) is 19.5 Å². The first-order chi connectivity index (χ1) is 7.45. The van der Waals surface area contributed by atoms with Crippen LogP contribution >= 0.6 is 0 Å². The first-order valence-electron chi connectivity index (χ1n) is 6.72. The predicted octanol–water partition coefficient (Wildman–Crippen LogP) is 3.13. The third kappa shape index (κ3) is 3.84. The Kier molecular flexibility index (Phi) is 4.49. The molecular formula is C13H24N2. The SMILES string of the molecule is C1CCN=C(NCC2CCCCC2)CC1. The summed E-state index contributed by atoms with van der Waals surface area (Å²) in [5.74, 6) is 2.21. The molecule has 1 fully saturated rings. The van der Waals surface area contributed by atoms with E-state index < -0.39 is 0 Å². The maximum Gasteiger partial charge on any atom is 0.0963 e. The Morgan fingerprint density at radius 3 is 2.67 bits per heavy atom. The van der Waals surface area contributed by atoms with Gasteiger partial charge in [-0.25, -0.2) is 0 Å². The van der Waals surface area contributed by atoms with E-state index >= 15 is 0 Å². The zero-order chi connectivity index (χ0) is 10.3. The number of amidine groups is 1. The highest BCUT2D eigenvalue weighted by atomic mass is 15.0. The molecule has 1 N–H and O–H groups in total. The van der Waals surface area contributed by atoms with Gasteiger partial charge in [0.15, 0.2) is 0 Å². The summed E-state index contributed by atoms with van der Waals surface area (Å²) in [7, 11) is 0. The van der Waals surface area contributed by atoms with Crippen LogP contribution in [0.5, 0.6) is 0 Å². The molecule has 1 aliphatic carbocycles. The molecule has 2 nitrogen and oxygen atoms in total. The highest BCUT2D eigenvalue weighted by Gasteiger charge is 2.13. The zero-order valence-electron chi connectivity index (χ0n) is 9.80. The molecule has 0 amide bonds. The monoisotopic (exact) mass is 208 g/mol. The van der Waals surface area contributed by atoms with Gasteiger partial charge in [-0.3, -0.25) is 4.99 Å². The van der Waals surface area contributed by atoms with E-state index in [4.69, 9.17) is 0 Å². The van der Waals surface area contributed by atoms with E-state index in [0.29, 0.717) is 0 Å². The summed E-state index contributed by atoms with van der Waals surface area (Å²) in [5, 5.41) is 3.58. The van der Waals surface area contributed by atoms with Gasteiger partial charge in [-0.1, -0.05) is 25.7 Å². The molecule has 2 aliphatic rings. The molecule has 15 heavy (non-hydrogen) atoms. The molecule has 2 heteroatoms. The quantitative estimate of drug-likeness (QED) is 0.741. The maximum atomic E-state index is 4.61. The molecule has 0 aromatic carbocycles. The summed E-state index contributed by atoms with van der Waals surface area (Å²) in [5.41, 5.74) is 0. The van der Waals surface area contributed by atoms with Crippen LogP contribution in [0.2, 0.25) is 0 Å². The highest BCUT2D eigenvalue weighted by molar-refractivity contribution is 5.82. The second kappa shape index (κ2) is 6.14. The van der Waals surface area contributed by atoms with Crippen molar-refractivity contribution in [2.75, 3.05) is 13.1 Å². The second-order valence-electron chi connectivity index (χ2n) is 5.02. The predicted molar refractivity (Wildman–Crippen MR) is 65.3 cm³/mol. The van der Waals surface area contributed by atoms with Crippen molar-refractivity contribution >= 4 is 5.84 Å². The highest BCUT2D eigenvalue weighted by Crippen LogP contribution is 2.22. The van der Waals surface area contributed by atoms with Crippen molar-refractivity contribution < 1.29 is 0 Å². The van der Waals surface area contributed by atoms with Crippen molar-refractivity contribution in [1.29, 1.82) is 0 Å². The molecule has 1 aliphatic heterocycles. The van der Waals surface area contributed by atoms with Crippen molar-refractivity contribution in [3.05, 3.63) is 0 Å². The summed E-state index contributed by atoms with van der Waals surface area (Å²) < 4.78 is 0. The van der Waals surface area contributed by atoms with Crippen molar-refractivity contribution in [2.24, 2.45) is 10.9 Å². The summed E-state index contributed by atoms with van der Waals surface area (Å²) in [6.07, 6.45) is 12.4. The third-order valence-electron chi connectivity index (χ3n) is 3.69. The van der Waals surface area contributed by atoms with Gasteiger partial charge in [-0.05, 0) is 31.6 Å². The van der Waals surface area contributed by atoms with Crippen LogP contribution in [0.1, 0.15) is 57.8 Å². The average Bonchev–Trinajstić information content (AvgIpc) is 2.56. The van der Waals surface area contributed by atoms with Crippen molar-refractivity contribution in [2.45, 2.75) is 57.8 Å². The molecule has 0 aromatic rings. The van der Waals surface area contributed by atoms with E-state index in [1.165, 1.54) is 70.2 Å². The minimum Gasteiger partial charge on any atom is -0.374 e. The topological polar surface area (TPSA) is 24.4 Å². The average molecular weight is 208 g/mol. The Morgan fingerprint density at radius 1 is 1.00 bits per heavy atom. The van der Waals surface area contributed by atoms with Crippen molar-refractivity contribution in [1.82, 2.24) is 5.32 Å². The lowest BCUT2D eigenvalue weighted by Gasteiger charge is -2.22. The van der Waals surface area contributed by atoms with E-state index in [2.05, 4.69) is 10.3 Å². The van der Waals surface area contributed by atoms with Crippen LogP contribution in [0.4, 0.5) is 0 Å². The molecular weight excluding hydrogens is 184 g/mol. The number of nitrogens with zero attached hydrogens (tertiary/aromatic N) is 1. The van der Waals surface area contributed by atoms with Crippen LogP contribution in [0.3, 0.4) is 0 Å². The van der Waals surface area contributed by atoms with E-state index in [-0.39, 0.29) is 0 Å². The largest absolute Gasteiger partial charge is 0.374 e. The molecule has 0 saturated heterocycles. The van der Waals surface area contributed by atoms with Crippen LogP contribution in [0.15, 0.2) is 4.99 Å². The molecule has 0 radical (unpaired) electrons. The van der Waals surface area contributed by atoms with Crippen molar-refractivity contribution in [3.8, 4) is 0 Å². The fourth-order valence-corrected chi connectivity index (χ4v) is 2.67. The minimum absolute atomic E-state index is 0.921. The first kappa shape index (κ1) is 11.0. The van der Waals surface area contributed by atoms with Gasteiger partial charge >= 0.3 is 0 Å². The van der Waals surface area contributed by atoms with E-state index in [1.54, 1.807) is 0 Å². The molecule has 1 heterocycles. The Labute approximate surface area is 93.6 Å². The van der Waals surface area contributed by atoms with E-state index in [9.17, 15) is 0 Å². The van der Waals surface area contributed by atoms with Gasteiger partial charge in [0.25, 0.3) is 0 Å². The molecule has 0 atom stereocenters. The fraction of sp³-hybridized carbons (Fsp3) is 0.923. The molecule has 0 aromatic heterocycles. The summed E-state index contributed by atoms with van der Waals surface area (Å²) in [6.45, 7) is 2.23. The first-order valence-corrected chi connectivity index (χ1v) is 6.72. The van der Waals surface area contributed by atoms with E-state index in [1.807, 2.05) is 0 Å². The van der Waals surface area contributed by atoms with E-state index in [0.717, 1.165) is 12.5 Å². The Balaban J connectivity index is 1.69. The smallest absolute Gasteiger partial charge is 0.0963 e. The van der Waals surface area contributed by atoms with Crippen LogP contribution in [-0.2, 0) is 0 Å². The Morgan fingerprint density at radius 2 is 1.80 bits per heavy atom. The second-order valence-corrected chi connectivity index (χ2v) is 5.02. The maximum absolute atomic E-state index is 4.61. The molecule has 0 spiro atoms. The summed E-state index contributed by atoms with van der Waals surface area (Å²) in [6, 6.07) is 0. The fourth-order valence-electron chi connectivity index (χ4n) is 2.67. The standard InChI is InChI=1S/C13H24N2/c1-3-7-12(8-4-1)11-15-13-9-5-2-6-10-14-13/h12H,1-11H2,(H,14,15). The van der Waals surface area contributed by atoms with Crippen LogP contribution in [0.25, 0.3) is 0 Å². The normalized spacial score (nSPS) is 24.4. The lowest BCUT2D eigenvalue weighted by atomic mass is 9.89. The van der Waals surface area contributed by atoms with Crippen LogP contribution < -0.4 is 5.32 Å².